The first-order valence-corrected chi connectivity index (χ1v) is 12.9. The van der Waals surface area contributed by atoms with E-state index in [1.165, 1.54) is 0 Å². The molecule has 2 amide bonds. The highest BCUT2D eigenvalue weighted by Gasteiger charge is 2.38. The quantitative estimate of drug-likeness (QED) is 0.260. The molecule has 0 aliphatic heterocycles. The summed E-state index contributed by atoms with van der Waals surface area (Å²) in [5, 5.41) is 16.2. The van der Waals surface area contributed by atoms with Gasteiger partial charge in [0.15, 0.2) is 0 Å². The van der Waals surface area contributed by atoms with Crippen molar-refractivity contribution >= 4 is 25.5 Å². The number of aliphatic carboxylic acids is 1. The summed E-state index contributed by atoms with van der Waals surface area (Å²) < 4.78 is 18.7. The standard InChI is InChI=1S/C24H32N3O7P/c1-17(2)22(23(30)25-14-13-21(28)29)27-35(32,33)20(15-18-9-5-3-6-10-18)26-24(31)34-16-19-11-7-4-8-12-19/h3-12,17,20,22H,13-16H2,1-2H3,(H,25,30)(H,26,31)(H,28,29)(H2,27,32,33)/t20?,22-/m0/s1. The number of benzene rings is 2. The van der Waals surface area contributed by atoms with E-state index >= 15 is 0 Å². The van der Waals surface area contributed by atoms with E-state index in [9.17, 15) is 23.8 Å². The van der Waals surface area contributed by atoms with Gasteiger partial charge in [0.1, 0.15) is 12.4 Å². The number of carboxylic acid groups (broad SMARTS) is 1. The summed E-state index contributed by atoms with van der Waals surface area (Å²) >= 11 is 0. The molecule has 0 spiro atoms. The maximum atomic E-state index is 13.4. The van der Waals surface area contributed by atoms with Crippen LogP contribution in [0.25, 0.3) is 0 Å². The zero-order chi connectivity index (χ0) is 25.8. The number of carboxylic acids is 1. The highest BCUT2D eigenvalue weighted by Crippen LogP contribution is 2.43. The summed E-state index contributed by atoms with van der Waals surface area (Å²) in [6, 6.07) is 16.7. The van der Waals surface area contributed by atoms with Crippen molar-refractivity contribution in [3.63, 3.8) is 0 Å². The molecule has 0 aliphatic carbocycles. The normalized spacial score (nSPS) is 14.4. The predicted octanol–water partition coefficient (Wildman–Crippen LogP) is 2.87. The molecule has 11 heteroatoms. The second-order valence-corrected chi connectivity index (χ2v) is 10.4. The molecule has 0 fully saturated rings. The average molecular weight is 506 g/mol. The van der Waals surface area contributed by atoms with Gasteiger partial charge in [0.2, 0.25) is 5.91 Å². The maximum Gasteiger partial charge on any atom is 0.408 e. The largest absolute Gasteiger partial charge is 0.481 e. The Bertz CT molecular complexity index is 1020. The van der Waals surface area contributed by atoms with Crippen LogP contribution in [0, 0.1) is 5.92 Å². The van der Waals surface area contributed by atoms with Gasteiger partial charge in [-0.15, -0.1) is 0 Å². The van der Waals surface area contributed by atoms with Gasteiger partial charge in [0, 0.05) is 13.0 Å². The van der Waals surface area contributed by atoms with E-state index in [1.807, 2.05) is 6.07 Å². The monoisotopic (exact) mass is 505 g/mol. The lowest BCUT2D eigenvalue weighted by atomic mass is 10.1. The molecule has 3 atom stereocenters. The Morgan fingerprint density at radius 2 is 1.54 bits per heavy atom. The van der Waals surface area contributed by atoms with Crippen LogP contribution in [0.5, 0.6) is 0 Å². The topological polar surface area (TPSA) is 154 Å². The van der Waals surface area contributed by atoms with Crippen molar-refractivity contribution in [2.45, 2.75) is 45.1 Å². The molecular weight excluding hydrogens is 473 g/mol. The SMILES string of the molecule is CC(C)[C@H](NP(=O)(O)C(Cc1ccccc1)NC(=O)OCc1ccccc1)C(=O)NCCC(=O)O. The summed E-state index contributed by atoms with van der Waals surface area (Å²) in [5.74, 6) is -3.38. The van der Waals surface area contributed by atoms with E-state index < -0.39 is 43.2 Å². The van der Waals surface area contributed by atoms with Gasteiger partial charge in [-0.05, 0) is 17.0 Å². The highest BCUT2D eigenvalue weighted by atomic mass is 31.2. The molecular formula is C24H32N3O7P. The van der Waals surface area contributed by atoms with E-state index in [2.05, 4.69) is 15.7 Å². The molecule has 2 aromatic rings. The summed E-state index contributed by atoms with van der Waals surface area (Å²) in [6.07, 6.45) is -1.15. The summed E-state index contributed by atoms with van der Waals surface area (Å²) in [5.41, 5.74) is 1.45. The van der Waals surface area contributed by atoms with Crippen LogP contribution < -0.4 is 15.7 Å². The molecule has 2 unspecified atom stereocenters. The maximum absolute atomic E-state index is 13.4. The fourth-order valence-electron chi connectivity index (χ4n) is 3.20. The molecule has 0 saturated carbocycles. The molecule has 10 nitrogen and oxygen atoms in total. The molecule has 35 heavy (non-hydrogen) atoms. The van der Waals surface area contributed by atoms with Gasteiger partial charge in [-0.3, -0.25) is 14.2 Å². The summed E-state index contributed by atoms with van der Waals surface area (Å²) in [4.78, 5) is 46.8. The number of amides is 2. The molecule has 5 N–H and O–H groups in total. The van der Waals surface area contributed by atoms with Gasteiger partial charge in [0.25, 0.3) is 7.52 Å². The minimum atomic E-state index is -4.37. The third kappa shape index (κ3) is 9.90. The van der Waals surface area contributed by atoms with E-state index in [4.69, 9.17) is 9.84 Å². The molecule has 2 rings (SSSR count). The van der Waals surface area contributed by atoms with E-state index in [0.29, 0.717) is 5.56 Å². The van der Waals surface area contributed by atoms with E-state index in [1.54, 1.807) is 68.4 Å². The summed E-state index contributed by atoms with van der Waals surface area (Å²) in [7, 11) is -4.37. The number of carbonyl (C=O) groups excluding carboxylic acids is 2. The van der Waals surface area contributed by atoms with Crippen molar-refractivity contribution < 1.29 is 33.7 Å². The van der Waals surface area contributed by atoms with E-state index in [-0.39, 0.29) is 26.0 Å². The molecule has 0 radical (unpaired) electrons. The minimum absolute atomic E-state index is 0.00744. The van der Waals surface area contributed by atoms with Gasteiger partial charge >= 0.3 is 12.1 Å². The zero-order valence-corrected chi connectivity index (χ0v) is 20.6. The number of carbonyl (C=O) groups is 3. The lowest BCUT2D eigenvalue weighted by Gasteiger charge is -2.29. The van der Waals surface area contributed by atoms with Crippen LogP contribution in [0.2, 0.25) is 0 Å². The lowest BCUT2D eigenvalue weighted by molar-refractivity contribution is -0.137. The molecule has 0 bridgehead atoms. The molecule has 0 saturated heterocycles. The number of nitrogens with one attached hydrogen (secondary N) is 3. The smallest absolute Gasteiger partial charge is 0.408 e. The van der Waals surface area contributed by atoms with Crippen LogP contribution in [-0.4, -0.2) is 46.3 Å². The predicted molar refractivity (Wildman–Crippen MR) is 131 cm³/mol. The molecule has 0 heterocycles. The average Bonchev–Trinajstić information content (AvgIpc) is 2.81. The number of rotatable bonds is 13. The minimum Gasteiger partial charge on any atom is -0.481 e. The van der Waals surface area contributed by atoms with Gasteiger partial charge in [-0.2, -0.15) is 0 Å². The van der Waals surface area contributed by atoms with Crippen LogP contribution in [0.1, 0.15) is 31.4 Å². The Hall–Kier alpha value is -3.20. The Labute approximate surface area is 204 Å². The number of hydrogen-bond acceptors (Lipinski definition) is 5. The van der Waals surface area contributed by atoms with Crippen LogP contribution in [0.3, 0.4) is 0 Å². The Balaban J connectivity index is 2.15. The first-order chi connectivity index (χ1) is 16.6. The molecule has 0 aliphatic rings. The van der Waals surface area contributed by atoms with Crippen molar-refractivity contribution in [1.82, 2.24) is 15.7 Å². The Kier molecular flexibility index (Phi) is 10.9. The van der Waals surface area contributed by atoms with E-state index in [0.717, 1.165) is 5.56 Å². The van der Waals surface area contributed by atoms with Crippen molar-refractivity contribution in [2.24, 2.45) is 5.92 Å². The fraction of sp³-hybridized carbons (Fsp3) is 0.375. The van der Waals surface area contributed by atoms with Crippen molar-refractivity contribution in [1.29, 1.82) is 0 Å². The Morgan fingerprint density at radius 1 is 0.971 bits per heavy atom. The van der Waals surface area contributed by atoms with Crippen LogP contribution in [0.15, 0.2) is 60.7 Å². The second kappa shape index (κ2) is 13.6. The molecule has 0 aromatic heterocycles. The van der Waals surface area contributed by atoms with Crippen LogP contribution >= 0.6 is 7.52 Å². The van der Waals surface area contributed by atoms with Gasteiger partial charge < -0.3 is 25.4 Å². The number of alkyl carbamates (subject to hydrolysis) is 1. The highest BCUT2D eigenvalue weighted by molar-refractivity contribution is 7.56. The van der Waals surface area contributed by atoms with Crippen LogP contribution in [-0.2, 0) is 31.9 Å². The third-order valence-electron chi connectivity index (χ3n) is 5.10. The van der Waals surface area contributed by atoms with Gasteiger partial charge in [-0.25, -0.2) is 9.88 Å². The first-order valence-electron chi connectivity index (χ1n) is 11.2. The van der Waals surface area contributed by atoms with Gasteiger partial charge in [-0.1, -0.05) is 74.5 Å². The lowest BCUT2D eigenvalue weighted by Crippen LogP contribution is -2.49. The second-order valence-electron chi connectivity index (χ2n) is 8.32. The fourth-order valence-corrected chi connectivity index (χ4v) is 4.94. The van der Waals surface area contributed by atoms with Crippen LogP contribution in [0.4, 0.5) is 4.79 Å². The number of hydrogen-bond donors (Lipinski definition) is 5. The third-order valence-corrected chi connectivity index (χ3v) is 6.91. The Morgan fingerprint density at radius 3 is 2.09 bits per heavy atom. The van der Waals surface area contributed by atoms with Crippen molar-refractivity contribution in [3.8, 4) is 0 Å². The number of ether oxygens (including phenoxy) is 1. The first kappa shape index (κ1) is 28.0. The molecule has 2 aromatic carbocycles. The zero-order valence-electron chi connectivity index (χ0n) is 19.7. The van der Waals surface area contributed by atoms with Crippen molar-refractivity contribution in [2.75, 3.05) is 6.54 Å². The van der Waals surface area contributed by atoms with Crippen molar-refractivity contribution in [3.05, 3.63) is 71.8 Å². The molecule has 190 valence electrons. The van der Waals surface area contributed by atoms with Gasteiger partial charge in [0.05, 0.1) is 12.5 Å². The summed E-state index contributed by atoms with van der Waals surface area (Å²) in [6.45, 7) is 3.23.